The van der Waals surface area contributed by atoms with Crippen LogP contribution in [-0.2, 0) is 6.42 Å². The topological polar surface area (TPSA) is 45.4 Å². The van der Waals surface area contributed by atoms with Crippen LogP contribution in [0.25, 0.3) is 11.4 Å². The summed E-state index contributed by atoms with van der Waals surface area (Å²) in [7, 11) is 0. The number of nitrogens with zero attached hydrogens (tertiary/aromatic N) is 4. The van der Waals surface area contributed by atoms with Crippen molar-refractivity contribution in [1.82, 2.24) is 19.9 Å². The zero-order valence-electron chi connectivity index (χ0n) is 14.9. The highest BCUT2D eigenvalue weighted by Gasteiger charge is 2.17. The fourth-order valence-corrected chi connectivity index (χ4v) is 3.05. The Bertz CT molecular complexity index is 615. The molecule has 2 heterocycles. The Morgan fingerprint density at radius 3 is 2.33 bits per heavy atom. The van der Waals surface area contributed by atoms with Crippen molar-refractivity contribution in [2.24, 2.45) is 0 Å². The van der Waals surface area contributed by atoms with E-state index < -0.39 is 0 Å². The van der Waals surface area contributed by atoms with Crippen molar-refractivity contribution in [2.45, 2.75) is 33.1 Å². The van der Waals surface area contributed by atoms with Crippen molar-refractivity contribution >= 4 is 0 Å². The second-order valence-corrected chi connectivity index (χ2v) is 6.66. The van der Waals surface area contributed by atoms with Crippen LogP contribution in [0.3, 0.4) is 0 Å². The lowest BCUT2D eigenvalue weighted by molar-refractivity contribution is 0.130. The quantitative estimate of drug-likeness (QED) is 0.782. The van der Waals surface area contributed by atoms with Gasteiger partial charge in [0.15, 0.2) is 0 Å². The number of aromatic nitrogens is 2. The molecule has 1 aromatic carbocycles. The monoisotopic (exact) mass is 328 g/mol. The first kappa shape index (κ1) is 17.1. The van der Waals surface area contributed by atoms with Gasteiger partial charge in [-0.25, -0.2) is 0 Å². The average Bonchev–Trinajstić information content (AvgIpc) is 3.09. The van der Waals surface area contributed by atoms with Gasteiger partial charge < -0.3 is 14.3 Å². The summed E-state index contributed by atoms with van der Waals surface area (Å²) in [5, 5.41) is 4.11. The third-order valence-electron chi connectivity index (χ3n) is 4.71. The summed E-state index contributed by atoms with van der Waals surface area (Å²) in [5.41, 5.74) is 2.25. The molecule has 0 radical (unpaired) electrons. The molecule has 0 atom stereocenters. The van der Waals surface area contributed by atoms with Gasteiger partial charge in [-0.2, -0.15) is 4.98 Å². The fraction of sp³-hybridized carbons (Fsp3) is 0.579. The average molecular weight is 328 g/mol. The first-order valence-corrected chi connectivity index (χ1v) is 9.09. The molecule has 0 bridgehead atoms. The van der Waals surface area contributed by atoms with Gasteiger partial charge in [0.25, 0.3) is 0 Å². The molecule has 1 aliphatic heterocycles. The number of benzene rings is 1. The molecule has 1 aromatic heterocycles. The van der Waals surface area contributed by atoms with E-state index in [1.54, 1.807) is 0 Å². The molecule has 0 saturated carbocycles. The van der Waals surface area contributed by atoms with Crippen LogP contribution < -0.4 is 0 Å². The minimum atomic E-state index is 0.689. The maximum atomic E-state index is 5.42. The van der Waals surface area contributed by atoms with Crippen LogP contribution in [-0.4, -0.2) is 59.2 Å². The largest absolute Gasteiger partial charge is 0.339 e. The minimum absolute atomic E-state index is 0.689. The van der Waals surface area contributed by atoms with E-state index in [1.807, 2.05) is 12.1 Å². The fourth-order valence-electron chi connectivity index (χ4n) is 3.05. The molecule has 24 heavy (non-hydrogen) atoms. The van der Waals surface area contributed by atoms with E-state index in [0.29, 0.717) is 5.82 Å². The number of hydrogen-bond acceptors (Lipinski definition) is 5. The Kier molecular flexibility index (Phi) is 5.99. The Hall–Kier alpha value is -1.72. The zero-order chi connectivity index (χ0) is 16.8. The lowest BCUT2D eigenvalue weighted by Gasteiger charge is -2.34. The molecule has 5 nitrogen and oxygen atoms in total. The van der Waals surface area contributed by atoms with Gasteiger partial charge >= 0.3 is 0 Å². The molecule has 1 fully saturated rings. The van der Waals surface area contributed by atoms with Gasteiger partial charge in [-0.3, -0.25) is 0 Å². The summed E-state index contributed by atoms with van der Waals surface area (Å²) >= 11 is 0. The number of piperazine rings is 1. The van der Waals surface area contributed by atoms with Gasteiger partial charge in [0.1, 0.15) is 0 Å². The molecule has 0 spiro atoms. The van der Waals surface area contributed by atoms with Crippen LogP contribution in [0.15, 0.2) is 28.8 Å². The van der Waals surface area contributed by atoms with E-state index >= 15 is 0 Å². The summed E-state index contributed by atoms with van der Waals surface area (Å²) in [6, 6.07) is 8.23. The summed E-state index contributed by atoms with van der Waals surface area (Å²) in [6.45, 7) is 11.2. The highest BCUT2D eigenvalue weighted by molar-refractivity contribution is 5.54. The molecule has 1 saturated heterocycles. The van der Waals surface area contributed by atoms with E-state index in [4.69, 9.17) is 4.52 Å². The number of hydrogen-bond donors (Lipinski definition) is 0. The normalized spacial score (nSPS) is 16.6. The number of rotatable bonds is 7. The van der Waals surface area contributed by atoms with Crippen molar-refractivity contribution in [2.75, 3.05) is 39.3 Å². The Morgan fingerprint density at radius 1 is 1.00 bits per heavy atom. The molecular formula is C19H28N4O. The van der Waals surface area contributed by atoms with Crippen LogP contribution in [0.2, 0.25) is 0 Å². The van der Waals surface area contributed by atoms with E-state index in [9.17, 15) is 0 Å². The van der Waals surface area contributed by atoms with E-state index in [1.165, 1.54) is 38.0 Å². The molecule has 2 aromatic rings. The molecule has 3 rings (SSSR count). The SMILES string of the molecule is CCCCN1CCN(CCc2nc(-c3ccc(C)cc3)no2)CC1. The van der Waals surface area contributed by atoms with E-state index in [0.717, 1.165) is 37.5 Å². The predicted octanol–water partition coefficient (Wildman–Crippen LogP) is 3.01. The highest BCUT2D eigenvalue weighted by Crippen LogP contribution is 2.16. The number of aryl methyl sites for hydroxylation is 1. The lowest BCUT2D eigenvalue weighted by Crippen LogP contribution is -2.47. The summed E-state index contributed by atoms with van der Waals surface area (Å²) in [6.07, 6.45) is 3.41. The predicted molar refractivity (Wildman–Crippen MR) is 96.0 cm³/mol. The van der Waals surface area contributed by atoms with Crippen molar-refractivity contribution in [3.05, 3.63) is 35.7 Å². The zero-order valence-corrected chi connectivity index (χ0v) is 14.9. The van der Waals surface area contributed by atoms with Gasteiger partial charge in [0.2, 0.25) is 11.7 Å². The van der Waals surface area contributed by atoms with Gasteiger partial charge in [-0.1, -0.05) is 48.3 Å². The van der Waals surface area contributed by atoms with E-state index in [-0.39, 0.29) is 0 Å². The van der Waals surface area contributed by atoms with Crippen LogP contribution in [0.5, 0.6) is 0 Å². The molecule has 0 unspecified atom stereocenters. The van der Waals surface area contributed by atoms with Crippen LogP contribution >= 0.6 is 0 Å². The highest BCUT2D eigenvalue weighted by atomic mass is 16.5. The molecule has 130 valence electrons. The molecule has 0 amide bonds. The smallest absolute Gasteiger partial charge is 0.228 e. The molecule has 1 aliphatic rings. The maximum absolute atomic E-state index is 5.42. The Labute approximate surface area is 144 Å². The second-order valence-electron chi connectivity index (χ2n) is 6.66. The van der Waals surface area contributed by atoms with Crippen molar-refractivity contribution in [1.29, 1.82) is 0 Å². The lowest BCUT2D eigenvalue weighted by atomic mass is 10.1. The van der Waals surface area contributed by atoms with Gasteiger partial charge in [0.05, 0.1) is 0 Å². The van der Waals surface area contributed by atoms with Crippen molar-refractivity contribution in [3.8, 4) is 11.4 Å². The third-order valence-corrected chi connectivity index (χ3v) is 4.71. The molecule has 5 heteroatoms. The first-order valence-electron chi connectivity index (χ1n) is 9.09. The van der Waals surface area contributed by atoms with E-state index in [2.05, 4.69) is 45.9 Å². The third kappa shape index (κ3) is 4.65. The first-order chi connectivity index (χ1) is 11.7. The molecule has 0 aliphatic carbocycles. The maximum Gasteiger partial charge on any atom is 0.228 e. The minimum Gasteiger partial charge on any atom is -0.339 e. The number of unbranched alkanes of at least 4 members (excludes halogenated alkanes) is 1. The van der Waals surface area contributed by atoms with Gasteiger partial charge in [-0.15, -0.1) is 0 Å². The summed E-state index contributed by atoms with van der Waals surface area (Å²) in [5.74, 6) is 1.42. The van der Waals surface area contributed by atoms with Crippen LogP contribution in [0.4, 0.5) is 0 Å². The van der Waals surface area contributed by atoms with Crippen molar-refractivity contribution < 1.29 is 4.52 Å². The molecule has 0 N–H and O–H groups in total. The summed E-state index contributed by atoms with van der Waals surface area (Å²) < 4.78 is 5.42. The Morgan fingerprint density at radius 2 is 1.67 bits per heavy atom. The molecular weight excluding hydrogens is 300 g/mol. The van der Waals surface area contributed by atoms with Crippen LogP contribution in [0.1, 0.15) is 31.2 Å². The Balaban J connectivity index is 1.45. The van der Waals surface area contributed by atoms with Gasteiger partial charge in [0, 0.05) is 44.7 Å². The summed E-state index contributed by atoms with van der Waals surface area (Å²) in [4.78, 5) is 9.60. The standard InChI is InChI=1S/C19H28N4O/c1-3-4-10-22-12-14-23(15-13-22)11-9-18-20-19(21-24-18)17-7-5-16(2)6-8-17/h5-8H,3-4,9-15H2,1-2H3. The van der Waals surface area contributed by atoms with Gasteiger partial charge in [-0.05, 0) is 19.9 Å². The van der Waals surface area contributed by atoms with Crippen LogP contribution in [0, 0.1) is 6.92 Å². The van der Waals surface area contributed by atoms with Crippen molar-refractivity contribution in [3.63, 3.8) is 0 Å². The second kappa shape index (κ2) is 8.40.